The van der Waals surface area contributed by atoms with Crippen LogP contribution in [-0.4, -0.2) is 19.5 Å². The van der Waals surface area contributed by atoms with Crippen molar-refractivity contribution in [1.29, 1.82) is 0 Å². The molecule has 2 N–H and O–H groups in total. The minimum atomic E-state index is 0.0742. The van der Waals surface area contributed by atoms with E-state index in [4.69, 9.17) is 0 Å². The van der Waals surface area contributed by atoms with E-state index in [0.29, 0.717) is 13.0 Å². The molecular formula is C11H15IN2O. The number of carbonyl (C=O) groups excluding carboxylic acids is 1. The third-order valence-corrected chi connectivity index (χ3v) is 2.77. The molecule has 0 aromatic heterocycles. The average Bonchev–Trinajstić information content (AvgIpc) is 2.26. The van der Waals surface area contributed by atoms with Gasteiger partial charge in [-0.2, -0.15) is 0 Å². The first-order chi connectivity index (χ1) is 7.22. The first-order valence-corrected chi connectivity index (χ1v) is 5.96. The van der Waals surface area contributed by atoms with Crippen molar-refractivity contribution in [2.45, 2.75) is 13.0 Å². The van der Waals surface area contributed by atoms with Crippen molar-refractivity contribution in [2.24, 2.45) is 0 Å². The molecule has 0 heterocycles. The van der Waals surface area contributed by atoms with Crippen LogP contribution in [0.3, 0.4) is 0 Å². The first kappa shape index (κ1) is 12.4. The van der Waals surface area contributed by atoms with Gasteiger partial charge in [0.1, 0.15) is 0 Å². The maximum absolute atomic E-state index is 10.9. The Morgan fingerprint density at radius 3 is 2.60 bits per heavy atom. The smallest absolute Gasteiger partial charge is 0.221 e. The van der Waals surface area contributed by atoms with Crippen molar-refractivity contribution in [2.75, 3.05) is 13.6 Å². The van der Waals surface area contributed by atoms with Gasteiger partial charge < -0.3 is 10.6 Å². The number of amides is 1. The predicted molar refractivity (Wildman–Crippen MR) is 69.5 cm³/mol. The van der Waals surface area contributed by atoms with E-state index >= 15 is 0 Å². The molecule has 0 atom stereocenters. The van der Waals surface area contributed by atoms with Gasteiger partial charge in [-0.15, -0.1) is 0 Å². The van der Waals surface area contributed by atoms with Crippen molar-refractivity contribution >= 4 is 28.5 Å². The molecule has 0 aliphatic heterocycles. The van der Waals surface area contributed by atoms with Crippen LogP contribution in [0.5, 0.6) is 0 Å². The van der Waals surface area contributed by atoms with Crippen molar-refractivity contribution < 1.29 is 4.79 Å². The summed E-state index contributed by atoms with van der Waals surface area (Å²) < 4.78 is 1.24. The Bertz CT molecular complexity index is 311. The number of benzene rings is 1. The molecule has 0 fully saturated rings. The molecule has 1 rings (SSSR count). The molecule has 1 amide bonds. The quantitative estimate of drug-likeness (QED) is 0.638. The van der Waals surface area contributed by atoms with Crippen LogP contribution in [0.25, 0.3) is 0 Å². The van der Waals surface area contributed by atoms with E-state index < -0.39 is 0 Å². The van der Waals surface area contributed by atoms with Crippen LogP contribution in [0.1, 0.15) is 12.0 Å². The van der Waals surface area contributed by atoms with Crippen LogP contribution in [0.4, 0.5) is 0 Å². The van der Waals surface area contributed by atoms with Crippen LogP contribution in [0, 0.1) is 3.57 Å². The molecule has 0 saturated carbocycles. The molecule has 0 aliphatic carbocycles. The topological polar surface area (TPSA) is 41.1 Å². The van der Waals surface area contributed by atoms with E-state index in [1.54, 1.807) is 7.05 Å². The number of nitrogens with one attached hydrogen (secondary N) is 2. The van der Waals surface area contributed by atoms with Crippen LogP contribution >= 0.6 is 22.6 Å². The zero-order valence-electron chi connectivity index (χ0n) is 8.72. The fourth-order valence-electron chi connectivity index (χ4n) is 1.16. The van der Waals surface area contributed by atoms with E-state index in [1.807, 2.05) is 0 Å². The Balaban J connectivity index is 2.20. The minimum Gasteiger partial charge on any atom is -0.359 e. The van der Waals surface area contributed by atoms with Crippen molar-refractivity contribution in [3.8, 4) is 0 Å². The third-order valence-electron chi connectivity index (χ3n) is 2.05. The Kier molecular flexibility index (Phi) is 5.63. The summed E-state index contributed by atoms with van der Waals surface area (Å²) in [6, 6.07) is 8.34. The predicted octanol–water partition coefficient (Wildman–Crippen LogP) is 1.52. The minimum absolute atomic E-state index is 0.0742. The Labute approximate surface area is 104 Å². The molecule has 0 radical (unpaired) electrons. The fourth-order valence-corrected chi connectivity index (χ4v) is 1.52. The van der Waals surface area contributed by atoms with Crippen molar-refractivity contribution in [1.82, 2.24) is 10.6 Å². The number of rotatable bonds is 5. The summed E-state index contributed by atoms with van der Waals surface area (Å²) >= 11 is 2.28. The standard InChI is InChI=1S/C11H15IN2O/c1-13-11(15)6-7-14-8-9-2-4-10(12)5-3-9/h2-5,14H,6-8H2,1H3,(H,13,15). The molecule has 0 bridgehead atoms. The summed E-state index contributed by atoms with van der Waals surface area (Å²) in [7, 11) is 1.65. The Morgan fingerprint density at radius 1 is 1.33 bits per heavy atom. The largest absolute Gasteiger partial charge is 0.359 e. The maximum atomic E-state index is 10.9. The van der Waals surface area contributed by atoms with E-state index in [0.717, 1.165) is 6.54 Å². The molecule has 4 heteroatoms. The Morgan fingerprint density at radius 2 is 2.00 bits per heavy atom. The van der Waals surface area contributed by atoms with Crippen LogP contribution < -0.4 is 10.6 Å². The highest BCUT2D eigenvalue weighted by Gasteiger charge is 1.97. The lowest BCUT2D eigenvalue weighted by Crippen LogP contribution is -2.24. The summed E-state index contributed by atoms with van der Waals surface area (Å²) in [6.07, 6.45) is 0.529. The zero-order valence-corrected chi connectivity index (χ0v) is 10.9. The molecule has 1 aromatic carbocycles. The van der Waals surface area contributed by atoms with E-state index in [2.05, 4.69) is 57.5 Å². The Hall–Kier alpha value is -0.620. The van der Waals surface area contributed by atoms with Crippen LogP contribution in [0.15, 0.2) is 24.3 Å². The lowest BCUT2D eigenvalue weighted by Gasteiger charge is -2.04. The molecule has 1 aromatic rings. The SMILES string of the molecule is CNC(=O)CCNCc1ccc(I)cc1. The second-order valence-corrected chi connectivity index (χ2v) is 4.47. The maximum Gasteiger partial charge on any atom is 0.221 e. The molecular weight excluding hydrogens is 303 g/mol. The highest BCUT2D eigenvalue weighted by molar-refractivity contribution is 14.1. The highest BCUT2D eigenvalue weighted by atomic mass is 127. The van der Waals surface area contributed by atoms with Gasteiger partial charge in [-0.1, -0.05) is 12.1 Å². The first-order valence-electron chi connectivity index (χ1n) is 4.88. The van der Waals surface area contributed by atoms with E-state index in [9.17, 15) is 4.79 Å². The lowest BCUT2D eigenvalue weighted by molar-refractivity contribution is -0.120. The van der Waals surface area contributed by atoms with E-state index in [-0.39, 0.29) is 5.91 Å². The molecule has 15 heavy (non-hydrogen) atoms. The number of halogens is 1. The molecule has 0 saturated heterocycles. The van der Waals surface area contributed by atoms with Gasteiger partial charge in [-0.05, 0) is 40.3 Å². The van der Waals surface area contributed by atoms with Crippen molar-refractivity contribution in [3.05, 3.63) is 33.4 Å². The van der Waals surface area contributed by atoms with E-state index in [1.165, 1.54) is 9.13 Å². The van der Waals surface area contributed by atoms with Gasteiger partial charge in [0.25, 0.3) is 0 Å². The number of carbonyl (C=O) groups is 1. The molecule has 3 nitrogen and oxygen atoms in total. The molecule has 0 spiro atoms. The second-order valence-electron chi connectivity index (χ2n) is 3.23. The van der Waals surface area contributed by atoms with Gasteiger partial charge in [-0.25, -0.2) is 0 Å². The normalized spacial score (nSPS) is 10.0. The summed E-state index contributed by atoms with van der Waals surface area (Å²) in [5.74, 6) is 0.0742. The van der Waals surface area contributed by atoms with Gasteiger partial charge in [0.2, 0.25) is 5.91 Å². The van der Waals surface area contributed by atoms with Crippen LogP contribution in [-0.2, 0) is 11.3 Å². The zero-order chi connectivity index (χ0) is 11.1. The summed E-state index contributed by atoms with van der Waals surface area (Å²) in [5.41, 5.74) is 1.24. The summed E-state index contributed by atoms with van der Waals surface area (Å²) in [4.78, 5) is 10.9. The molecule has 0 aliphatic rings. The van der Waals surface area contributed by atoms with Gasteiger partial charge in [0.05, 0.1) is 0 Å². The van der Waals surface area contributed by atoms with Crippen molar-refractivity contribution in [3.63, 3.8) is 0 Å². The average molecular weight is 318 g/mol. The second kappa shape index (κ2) is 6.79. The fraction of sp³-hybridized carbons (Fsp3) is 0.364. The highest BCUT2D eigenvalue weighted by Crippen LogP contribution is 2.06. The van der Waals surface area contributed by atoms with Gasteiger partial charge in [0.15, 0.2) is 0 Å². The van der Waals surface area contributed by atoms with Gasteiger partial charge >= 0.3 is 0 Å². The molecule has 82 valence electrons. The number of hydrogen-bond acceptors (Lipinski definition) is 2. The summed E-state index contributed by atoms with van der Waals surface area (Å²) in [5, 5.41) is 5.81. The van der Waals surface area contributed by atoms with Crippen LogP contribution in [0.2, 0.25) is 0 Å². The molecule has 0 unspecified atom stereocenters. The monoisotopic (exact) mass is 318 g/mol. The van der Waals surface area contributed by atoms with Gasteiger partial charge in [-0.3, -0.25) is 4.79 Å². The third kappa shape index (κ3) is 5.13. The number of hydrogen-bond donors (Lipinski definition) is 2. The lowest BCUT2D eigenvalue weighted by atomic mass is 10.2. The van der Waals surface area contributed by atoms with Gasteiger partial charge in [0, 0.05) is 30.1 Å². The summed E-state index contributed by atoms with van der Waals surface area (Å²) in [6.45, 7) is 1.53.